The third-order valence-electron chi connectivity index (χ3n) is 4.85. The summed E-state index contributed by atoms with van der Waals surface area (Å²) in [7, 11) is -0.619. The van der Waals surface area contributed by atoms with E-state index in [4.69, 9.17) is 4.99 Å². The summed E-state index contributed by atoms with van der Waals surface area (Å²) < 4.78 is 42.1. The van der Waals surface area contributed by atoms with Gasteiger partial charge in [0.1, 0.15) is 5.82 Å². The molecule has 0 N–H and O–H groups in total. The molecule has 0 atom stereocenters. The van der Waals surface area contributed by atoms with Gasteiger partial charge in [0.2, 0.25) is 14.8 Å². The van der Waals surface area contributed by atoms with Crippen molar-refractivity contribution in [3.63, 3.8) is 0 Å². The zero-order chi connectivity index (χ0) is 23.6. The van der Waals surface area contributed by atoms with Gasteiger partial charge in [0.15, 0.2) is 0 Å². The molecule has 0 aliphatic heterocycles. The minimum Gasteiger partial charge on any atom is -0.219 e. The lowest BCUT2D eigenvalue weighted by molar-refractivity contribution is 0.521. The Labute approximate surface area is 199 Å². The molecular weight excluding hydrogens is 479 g/mol. The number of hydrogen-bond donors (Lipinski definition) is 0. The van der Waals surface area contributed by atoms with E-state index in [0.717, 1.165) is 16.1 Å². The first-order valence-electron chi connectivity index (χ1n) is 9.88. The first-order chi connectivity index (χ1) is 15.8. The van der Waals surface area contributed by atoms with Crippen LogP contribution in [0, 0.1) is 12.7 Å². The quantitative estimate of drug-likeness (QED) is 0.346. The predicted octanol–water partition coefficient (Wildman–Crippen LogP) is 5.09. The molecule has 4 rings (SSSR count). The van der Waals surface area contributed by atoms with Crippen LogP contribution in [-0.4, -0.2) is 37.7 Å². The van der Waals surface area contributed by atoms with Gasteiger partial charge in [-0.1, -0.05) is 30.3 Å². The molecule has 0 aliphatic carbocycles. The second kappa shape index (κ2) is 9.52. The molecule has 0 radical (unpaired) electrons. The van der Waals surface area contributed by atoms with Crippen LogP contribution in [0.15, 0.2) is 80.3 Å². The van der Waals surface area contributed by atoms with Gasteiger partial charge < -0.3 is 0 Å². The molecule has 10 heteroatoms. The molecule has 0 aliphatic rings. The fourth-order valence-electron chi connectivity index (χ4n) is 2.97. The van der Waals surface area contributed by atoms with Crippen LogP contribution in [0.3, 0.4) is 0 Å². The number of aryl methyl sites for hydroxylation is 1. The van der Waals surface area contributed by atoms with Crippen LogP contribution in [0.2, 0.25) is 0 Å². The van der Waals surface area contributed by atoms with E-state index >= 15 is 0 Å². The largest absolute Gasteiger partial charge is 0.242 e. The summed E-state index contributed by atoms with van der Waals surface area (Å²) in [5, 5.41) is 8.42. The lowest BCUT2D eigenvalue weighted by Gasteiger charge is -2.12. The Balaban J connectivity index is 1.88. The minimum atomic E-state index is -3.60. The second-order valence-corrected chi connectivity index (χ2v) is 11.2. The van der Waals surface area contributed by atoms with Gasteiger partial charge in [-0.15, -0.1) is 22.7 Å². The summed E-state index contributed by atoms with van der Waals surface area (Å²) in [4.78, 5) is 6.42. The molecule has 0 amide bonds. The van der Waals surface area contributed by atoms with E-state index in [1.807, 2.05) is 29.8 Å². The van der Waals surface area contributed by atoms with Crippen molar-refractivity contribution in [1.82, 2.24) is 8.98 Å². The molecule has 0 saturated carbocycles. The maximum atomic E-state index is 14.1. The number of hydrogen-bond acceptors (Lipinski definition) is 6. The molecule has 0 spiro atoms. The van der Waals surface area contributed by atoms with E-state index < -0.39 is 10.0 Å². The summed E-state index contributed by atoms with van der Waals surface area (Å²) in [5.41, 5.74) is 2.52. The molecule has 0 fully saturated rings. The van der Waals surface area contributed by atoms with Gasteiger partial charge in [0.05, 0.1) is 27.4 Å². The molecule has 2 aromatic carbocycles. The number of benzene rings is 2. The Hall–Kier alpha value is -2.92. The zero-order valence-corrected chi connectivity index (χ0v) is 20.6. The Kier molecular flexibility index (Phi) is 6.71. The van der Waals surface area contributed by atoms with Gasteiger partial charge in [-0.3, -0.25) is 0 Å². The topological polar surface area (TPSA) is 67.0 Å². The molecule has 170 valence electrons. The average Bonchev–Trinajstić information content (AvgIpc) is 3.44. The third kappa shape index (κ3) is 4.88. The molecule has 33 heavy (non-hydrogen) atoms. The third-order valence-corrected chi connectivity index (χ3v) is 8.37. The number of nitrogens with zero attached hydrogens (tertiary/aromatic N) is 4. The molecule has 0 bridgehead atoms. The highest BCUT2D eigenvalue weighted by Gasteiger charge is 2.18. The van der Waals surface area contributed by atoms with Crippen molar-refractivity contribution in [2.75, 3.05) is 14.1 Å². The number of thiazole rings is 1. The van der Waals surface area contributed by atoms with Gasteiger partial charge in [-0.05, 0) is 42.1 Å². The van der Waals surface area contributed by atoms with Crippen LogP contribution >= 0.6 is 22.7 Å². The van der Waals surface area contributed by atoms with Gasteiger partial charge in [0.25, 0.3) is 0 Å². The average molecular weight is 501 g/mol. The highest BCUT2D eigenvalue weighted by atomic mass is 32.2. The molecular formula is C23H21FN4O2S3. The van der Waals surface area contributed by atoms with Gasteiger partial charge >= 0.3 is 0 Å². The van der Waals surface area contributed by atoms with Crippen molar-refractivity contribution in [3.05, 3.63) is 87.1 Å². The van der Waals surface area contributed by atoms with E-state index in [1.165, 1.54) is 42.0 Å². The van der Waals surface area contributed by atoms with Crippen LogP contribution in [-0.2, 0) is 10.0 Å². The van der Waals surface area contributed by atoms with Crippen LogP contribution in [0.4, 0.5) is 10.1 Å². The van der Waals surface area contributed by atoms with Crippen LogP contribution in [0.1, 0.15) is 11.1 Å². The van der Waals surface area contributed by atoms with Crippen molar-refractivity contribution >= 4 is 44.6 Å². The Morgan fingerprint density at radius 3 is 2.55 bits per heavy atom. The highest BCUT2D eigenvalue weighted by Crippen LogP contribution is 2.27. The van der Waals surface area contributed by atoms with Crippen molar-refractivity contribution in [2.45, 2.75) is 11.8 Å². The first kappa shape index (κ1) is 23.2. The van der Waals surface area contributed by atoms with Crippen molar-refractivity contribution in [3.8, 4) is 10.6 Å². The van der Waals surface area contributed by atoms with E-state index in [-0.39, 0.29) is 10.7 Å². The Morgan fingerprint density at radius 2 is 1.85 bits per heavy atom. The predicted molar refractivity (Wildman–Crippen MR) is 132 cm³/mol. The number of sulfonamides is 1. The van der Waals surface area contributed by atoms with Crippen molar-refractivity contribution in [2.24, 2.45) is 10.1 Å². The number of halogens is 1. The van der Waals surface area contributed by atoms with Crippen LogP contribution in [0.25, 0.3) is 10.6 Å². The van der Waals surface area contributed by atoms with E-state index in [0.29, 0.717) is 16.1 Å². The monoisotopic (exact) mass is 500 g/mol. The van der Waals surface area contributed by atoms with Gasteiger partial charge in [0, 0.05) is 25.0 Å². The van der Waals surface area contributed by atoms with Crippen LogP contribution in [0.5, 0.6) is 0 Å². The number of rotatable bonds is 6. The number of aromatic nitrogens is 1. The standard InChI is InChI=1S/C23H21FN4O2S3/c1-16-10-11-18(33(29,30)27(2)3)13-20(16)26-23-28(21(15-32-23)22-9-6-12-31-22)25-14-17-7-4-5-8-19(17)24/h4-15H,1-3H3. The summed E-state index contributed by atoms with van der Waals surface area (Å²) in [6, 6.07) is 15.2. The maximum absolute atomic E-state index is 14.1. The summed E-state index contributed by atoms with van der Waals surface area (Å²) >= 11 is 2.93. The molecule has 0 unspecified atom stereocenters. The number of thiophene rings is 1. The maximum Gasteiger partial charge on any atom is 0.242 e. The molecule has 2 heterocycles. The highest BCUT2D eigenvalue weighted by molar-refractivity contribution is 7.89. The summed E-state index contributed by atoms with van der Waals surface area (Å²) in [5.74, 6) is -0.370. The molecule has 4 aromatic rings. The molecule has 2 aromatic heterocycles. The smallest absolute Gasteiger partial charge is 0.219 e. The van der Waals surface area contributed by atoms with Gasteiger partial charge in [-0.25, -0.2) is 26.8 Å². The van der Waals surface area contributed by atoms with E-state index in [1.54, 1.807) is 52.4 Å². The second-order valence-electron chi connectivity index (χ2n) is 7.31. The molecule has 6 nitrogen and oxygen atoms in total. The zero-order valence-electron chi connectivity index (χ0n) is 18.1. The summed E-state index contributed by atoms with van der Waals surface area (Å²) in [6.07, 6.45) is 1.46. The SMILES string of the molecule is Cc1ccc(S(=O)(=O)N(C)C)cc1N=c1scc(-c2cccs2)n1N=Cc1ccccc1F. The Bertz CT molecular complexity index is 1480. The fraction of sp³-hybridized carbons (Fsp3) is 0.130. The normalized spacial score (nSPS) is 12.8. The van der Waals surface area contributed by atoms with Crippen molar-refractivity contribution < 1.29 is 12.8 Å². The lowest BCUT2D eigenvalue weighted by atomic mass is 10.2. The fourth-order valence-corrected chi connectivity index (χ4v) is 5.53. The van der Waals surface area contributed by atoms with E-state index in [9.17, 15) is 12.8 Å². The van der Waals surface area contributed by atoms with Crippen LogP contribution < -0.4 is 4.80 Å². The first-order valence-corrected chi connectivity index (χ1v) is 13.1. The van der Waals surface area contributed by atoms with E-state index in [2.05, 4.69) is 5.10 Å². The lowest BCUT2D eigenvalue weighted by Crippen LogP contribution is -2.22. The van der Waals surface area contributed by atoms with Gasteiger partial charge in [-0.2, -0.15) is 5.10 Å². The molecule has 0 saturated heterocycles. The minimum absolute atomic E-state index is 0.160. The van der Waals surface area contributed by atoms with Crippen molar-refractivity contribution in [1.29, 1.82) is 0 Å². The Morgan fingerprint density at radius 1 is 1.06 bits per heavy atom. The summed E-state index contributed by atoms with van der Waals surface area (Å²) in [6.45, 7) is 1.87.